The molecule has 28 heavy (non-hydrogen) atoms. The van der Waals surface area contributed by atoms with E-state index in [0.29, 0.717) is 16.3 Å². The van der Waals surface area contributed by atoms with Crippen LogP contribution in [-0.4, -0.2) is 26.4 Å². The van der Waals surface area contributed by atoms with Crippen LogP contribution in [0.2, 0.25) is 5.02 Å². The highest BCUT2D eigenvalue weighted by Gasteiger charge is 2.21. The molecule has 0 fully saturated rings. The smallest absolute Gasteiger partial charge is 0.280 e. The number of sulfonamides is 2. The number of aryl methyl sites for hydroxylation is 2. The Morgan fingerprint density at radius 2 is 1.64 bits per heavy atom. The number of nitrogens with zero attached hydrogens (tertiary/aromatic N) is 2. The highest BCUT2D eigenvalue weighted by molar-refractivity contribution is 7.93. The molecule has 0 amide bonds. The third-order valence-corrected chi connectivity index (χ3v) is 6.70. The summed E-state index contributed by atoms with van der Waals surface area (Å²) in [6, 6.07) is 10.3. The first-order valence-electron chi connectivity index (χ1n) is 7.97. The van der Waals surface area contributed by atoms with Crippen molar-refractivity contribution in [2.45, 2.75) is 16.8 Å². The van der Waals surface area contributed by atoms with Crippen molar-refractivity contribution >= 4 is 43.0 Å². The first-order valence-corrected chi connectivity index (χ1v) is 11.3. The second-order valence-electron chi connectivity index (χ2n) is 6.07. The van der Waals surface area contributed by atoms with Gasteiger partial charge in [-0.3, -0.25) is 9.44 Å². The summed E-state index contributed by atoms with van der Waals surface area (Å²) in [5.74, 6) is 0. The minimum absolute atomic E-state index is 0.0910. The molecule has 0 radical (unpaired) electrons. The molecule has 2 N–H and O–H groups in total. The van der Waals surface area contributed by atoms with E-state index < -0.39 is 20.0 Å². The molecule has 0 bridgehead atoms. The molecule has 11 heteroatoms. The van der Waals surface area contributed by atoms with E-state index in [2.05, 4.69) is 14.4 Å². The van der Waals surface area contributed by atoms with Crippen LogP contribution in [0.5, 0.6) is 0 Å². The first kappa shape index (κ1) is 20.2. The molecule has 8 nitrogen and oxygen atoms in total. The fourth-order valence-electron chi connectivity index (χ4n) is 2.33. The molecule has 0 spiro atoms. The molecule has 148 valence electrons. The summed E-state index contributed by atoms with van der Waals surface area (Å²) in [6.07, 6.45) is 2.71. The van der Waals surface area contributed by atoms with Crippen LogP contribution in [0.3, 0.4) is 0 Å². The van der Waals surface area contributed by atoms with Gasteiger partial charge in [-0.15, -0.1) is 0 Å². The molecule has 1 aromatic heterocycles. The topological polar surface area (TPSA) is 110 Å². The van der Waals surface area contributed by atoms with Gasteiger partial charge < -0.3 is 4.57 Å². The third-order valence-electron chi connectivity index (χ3n) is 3.82. The lowest BCUT2D eigenvalue weighted by molar-refractivity contribution is 0.596. The van der Waals surface area contributed by atoms with Crippen molar-refractivity contribution in [3.8, 4) is 0 Å². The molecule has 0 aliphatic heterocycles. The lowest BCUT2D eigenvalue weighted by atomic mass is 10.2. The Morgan fingerprint density at radius 1 is 0.964 bits per heavy atom. The summed E-state index contributed by atoms with van der Waals surface area (Å²) >= 11 is 5.80. The molecule has 0 saturated carbocycles. The van der Waals surface area contributed by atoms with Crippen molar-refractivity contribution in [1.82, 2.24) is 9.55 Å². The number of hydrogen-bond acceptors (Lipinski definition) is 5. The highest BCUT2D eigenvalue weighted by atomic mass is 35.5. The van der Waals surface area contributed by atoms with Crippen LogP contribution < -0.4 is 9.44 Å². The van der Waals surface area contributed by atoms with Crippen LogP contribution in [0.4, 0.5) is 11.4 Å². The summed E-state index contributed by atoms with van der Waals surface area (Å²) in [7, 11) is -6.24. The number of imidazole rings is 1. The predicted octanol–water partition coefficient (Wildman–Crippen LogP) is 2.98. The van der Waals surface area contributed by atoms with Crippen LogP contribution in [0, 0.1) is 6.92 Å². The molecule has 0 aliphatic carbocycles. The third kappa shape index (κ3) is 4.46. The quantitative estimate of drug-likeness (QED) is 0.612. The van der Waals surface area contributed by atoms with E-state index in [4.69, 9.17) is 11.6 Å². The summed E-state index contributed by atoms with van der Waals surface area (Å²) in [4.78, 5) is 3.73. The molecular formula is C17H17ClN4O4S2. The van der Waals surface area contributed by atoms with E-state index in [1.807, 2.05) is 0 Å². The molecule has 3 aromatic rings. The highest BCUT2D eigenvalue weighted by Crippen LogP contribution is 2.25. The van der Waals surface area contributed by atoms with Gasteiger partial charge in [0.05, 0.1) is 16.9 Å². The standard InChI is InChI=1S/C17H17ClN4O4S2/c1-12-3-8-15(27(23,24)20-14-6-4-13(18)5-7-14)9-16(12)21-28(25,26)17-10-22(2)11-19-17/h3-11,20-21H,1-2H3. The maximum absolute atomic E-state index is 12.7. The van der Waals surface area contributed by atoms with Crippen LogP contribution >= 0.6 is 11.6 Å². The largest absolute Gasteiger partial charge is 0.339 e. The zero-order chi connectivity index (χ0) is 20.5. The van der Waals surface area contributed by atoms with E-state index in [9.17, 15) is 16.8 Å². The maximum Gasteiger partial charge on any atom is 0.280 e. The van der Waals surface area contributed by atoms with Gasteiger partial charge in [0.25, 0.3) is 20.0 Å². The van der Waals surface area contributed by atoms with Gasteiger partial charge in [0, 0.05) is 24.0 Å². The second kappa shape index (κ2) is 7.46. The summed E-state index contributed by atoms with van der Waals surface area (Å²) < 4.78 is 56.6. The summed E-state index contributed by atoms with van der Waals surface area (Å²) in [6.45, 7) is 1.67. The van der Waals surface area contributed by atoms with Crippen LogP contribution in [-0.2, 0) is 27.1 Å². The lowest BCUT2D eigenvalue weighted by Gasteiger charge is -2.13. The Balaban J connectivity index is 1.91. The van der Waals surface area contributed by atoms with Gasteiger partial charge in [-0.05, 0) is 48.9 Å². The SMILES string of the molecule is Cc1ccc(S(=O)(=O)Nc2ccc(Cl)cc2)cc1NS(=O)(=O)c1cn(C)cn1. The molecular weight excluding hydrogens is 424 g/mol. The molecule has 0 saturated heterocycles. The Labute approximate surface area is 168 Å². The van der Waals surface area contributed by atoms with Gasteiger partial charge in [0.2, 0.25) is 0 Å². The van der Waals surface area contributed by atoms with Crippen molar-refractivity contribution < 1.29 is 16.8 Å². The zero-order valence-corrected chi connectivity index (χ0v) is 17.3. The van der Waals surface area contributed by atoms with Crippen LogP contribution in [0.15, 0.2) is 64.9 Å². The van der Waals surface area contributed by atoms with Gasteiger partial charge in [-0.2, -0.15) is 8.42 Å². The van der Waals surface area contributed by atoms with Gasteiger partial charge in [0.1, 0.15) is 0 Å². The predicted molar refractivity (Wildman–Crippen MR) is 107 cm³/mol. The normalized spacial score (nSPS) is 12.0. The van der Waals surface area contributed by atoms with Gasteiger partial charge in [0.15, 0.2) is 5.03 Å². The molecule has 3 rings (SSSR count). The van der Waals surface area contributed by atoms with Gasteiger partial charge >= 0.3 is 0 Å². The second-order valence-corrected chi connectivity index (χ2v) is 9.82. The zero-order valence-electron chi connectivity index (χ0n) is 14.9. The number of benzene rings is 2. The number of nitrogens with one attached hydrogen (secondary N) is 2. The average Bonchev–Trinajstić information content (AvgIpc) is 3.06. The monoisotopic (exact) mass is 440 g/mol. The Kier molecular flexibility index (Phi) is 5.37. The first-order chi connectivity index (χ1) is 13.1. The van der Waals surface area contributed by atoms with Crippen molar-refractivity contribution in [2.24, 2.45) is 7.05 Å². The van der Waals surface area contributed by atoms with Crippen molar-refractivity contribution in [3.63, 3.8) is 0 Å². The van der Waals surface area contributed by atoms with Crippen molar-refractivity contribution in [1.29, 1.82) is 0 Å². The van der Waals surface area contributed by atoms with E-state index in [0.717, 1.165) is 0 Å². The summed E-state index contributed by atoms with van der Waals surface area (Å²) in [5.41, 5.74) is 1.04. The average molecular weight is 441 g/mol. The fourth-order valence-corrected chi connectivity index (χ4v) is 4.65. The molecule has 0 atom stereocenters. The summed E-state index contributed by atoms with van der Waals surface area (Å²) in [5, 5.41) is 0.312. The molecule has 1 heterocycles. The lowest BCUT2D eigenvalue weighted by Crippen LogP contribution is -2.16. The Morgan fingerprint density at radius 3 is 2.25 bits per heavy atom. The fraction of sp³-hybridized carbons (Fsp3) is 0.118. The number of anilines is 2. The van der Waals surface area contributed by atoms with E-state index in [-0.39, 0.29) is 15.6 Å². The van der Waals surface area contributed by atoms with Crippen LogP contribution in [0.25, 0.3) is 0 Å². The number of hydrogen-bond donors (Lipinski definition) is 2. The molecule has 0 aliphatic rings. The number of aromatic nitrogens is 2. The van der Waals surface area contributed by atoms with E-state index >= 15 is 0 Å². The van der Waals surface area contributed by atoms with Gasteiger partial charge in [-0.1, -0.05) is 17.7 Å². The molecule has 2 aromatic carbocycles. The van der Waals surface area contributed by atoms with Crippen molar-refractivity contribution in [3.05, 3.63) is 65.6 Å². The minimum atomic E-state index is -3.95. The Hall–Kier alpha value is -2.56. The van der Waals surface area contributed by atoms with Crippen LogP contribution in [0.1, 0.15) is 5.56 Å². The minimum Gasteiger partial charge on any atom is -0.339 e. The van der Waals surface area contributed by atoms with E-state index in [1.165, 1.54) is 47.4 Å². The van der Waals surface area contributed by atoms with E-state index in [1.54, 1.807) is 26.1 Å². The Bertz CT molecular complexity index is 1220. The number of halogens is 1. The van der Waals surface area contributed by atoms with Crippen molar-refractivity contribution in [2.75, 3.05) is 9.44 Å². The van der Waals surface area contributed by atoms with Gasteiger partial charge in [-0.25, -0.2) is 13.4 Å². The number of rotatable bonds is 6. The maximum atomic E-state index is 12.7. The molecule has 0 unspecified atom stereocenters.